The third-order valence-corrected chi connectivity index (χ3v) is 5.93. The minimum atomic E-state index is 0.848. The molecule has 4 aromatic rings. The van der Waals surface area contributed by atoms with Crippen molar-refractivity contribution in [3.8, 4) is 0 Å². The van der Waals surface area contributed by atoms with Crippen LogP contribution in [-0.2, 0) is 6.54 Å². The van der Waals surface area contributed by atoms with E-state index >= 15 is 0 Å². The zero-order valence-electron chi connectivity index (χ0n) is 17.2. The Balaban J connectivity index is 1.13. The number of nitrogens with zero attached hydrogens (tertiary/aromatic N) is 4. The van der Waals surface area contributed by atoms with E-state index in [1.807, 2.05) is 0 Å². The molecule has 1 saturated heterocycles. The minimum Gasteiger partial charge on any atom is -0.367 e. The van der Waals surface area contributed by atoms with Crippen LogP contribution in [0.4, 0.5) is 5.82 Å². The van der Waals surface area contributed by atoms with Crippen molar-refractivity contribution in [3.63, 3.8) is 0 Å². The van der Waals surface area contributed by atoms with Crippen molar-refractivity contribution in [2.45, 2.75) is 6.54 Å². The van der Waals surface area contributed by atoms with Crippen LogP contribution in [0.15, 0.2) is 72.8 Å². The molecule has 152 valence electrons. The number of aromatic nitrogens is 2. The highest BCUT2D eigenvalue weighted by Gasteiger charge is 2.16. The standard InChI is InChI=1S/C25H27N5/c1-2-6-20(7-3-1)19-30-16-14-29(15-17-30)13-12-26-24-18-22-11-10-21-8-4-5-9-23(21)25(22)28-27-24/h1-11,18H,12-17,19H2,(H,26,27). The number of anilines is 1. The molecule has 1 aliphatic rings. The van der Waals surface area contributed by atoms with Crippen LogP contribution in [0.1, 0.15) is 5.56 Å². The Kier molecular flexibility index (Phi) is 5.55. The van der Waals surface area contributed by atoms with Gasteiger partial charge in [0.1, 0.15) is 11.3 Å². The fraction of sp³-hybridized carbons (Fsp3) is 0.280. The van der Waals surface area contributed by atoms with E-state index in [1.54, 1.807) is 0 Å². The van der Waals surface area contributed by atoms with Crippen molar-refractivity contribution in [2.75, 3.05) is 44.6 Å². The molecular formula is C25H27N5. The van der Waals surface area contributed by atoms with Gasteiger partial charge in [0.05, 0.1) is 0 Å². The van der Waals surface area contributed by atoms with Gasteiger partial charge in [0.15, 0.2) is 0 Å². The summed E-state index contributed by atoms with van der Waals surface area (Å²) in [5.41, 5.74) is 2.36. The Morgan fingerprint density at radius 3 is 2.33 bits per heavy atom. The predicted molar refractivity (Wildman–Crippen MR) is 124 cm³/mol. The molecule has 1 fully saturated rings. The molecule has 2 heterocycles. The van der Waals surface area contributed by atoms with Gasteiger partial charge in [-0.25, -0.2) is 0 Å². The summed E-state index contributed by atoms with van der Waals surface area (Å²) in [6, 6.07) is 25.5. The Morgan fingerprint density at radius 1 is 0.733 bits per heavy atom. The van der Waals surface area contributed by atoms with E-state index < -0.39 is 0 Å². The summed E-state index contributed by atoms with van der Waals surface area (Å²) >= 11 is 0. The Morgan fingerprint density at radius 2 is 1.47 bits per heavy atom. The van der Waals surface area contributed by atoms with E-state index in [0.717, 1.165) is 67.9 Å². The lowest BCUT2D eigenvalue weighted by atomic mass is 10.1. The number of hydrogen-bond donors (Lipinski definition) is 1. The average molecular weight is 398 g/mol. The molecule has 0 aliphatic carbocycles. The topological polar surface area (TPSA) is 44.3 Å². The van der Waals surface area contributed by atoms with Crippen LogP contribution in [0.25, 0.3) is 21.7 Å². The highest BCUT2D eigenvalue weighted by atomic mass is 15.3. The number of piperazine rings is 1. The summed E-state index contributed by atoms with van der Waals surface area (Å²) in [5.74, 6) is 0.848. The highest BCUT2D eigenvalue weighted by Crippen LogP contribution is 2.24. The van der Waals surface area contributed by atoms with Gasteiger partial charge >= 0.3 is 0 Å². The quantitative estimate of drug-likeness (QED) is 0.498. The fourth-order valence-corrected chi connectivity index (χ4v) is 4.22. The monoisotopic (exact) mass is 397 g/mol. The first kappa shape index (κ1) is 19.0. The van der Waals surface area contributed by atoms with Crippen molar-refractivity contribution in [1.82, 2.24) is 20.0 Å². The first-order chi connectivity index (χ1) is 14.8. The number of benzene rings is 3. The van der Waals surface area contributed by atoms with Crippen LogP contribution in [0.2, 0.25) is 0 Å². The van der Waals surface area contributed by atoms with Gasteiger partial charge in [-0.15, -0.1) is 10.2 Å². The molecule has 0 bridgehead atoms. The number of rotatable bonds is 6. The number of fused-ring (bicyclic) bond motifs is 3. The average Bonchev–Trinajstić information content (AvgIpc) is 2.81. The van der Waals surface area contributed by atoms with Crippen molar-refractivity contribution in [1.29, 1.82) is 0 Å². The van der Waals surface area contributed by atoms with Gasteiger partial charge in [-0.05, 0) is 17.0 Å². The molecule has 0 spiro atoms. The summed E-state index contributed by atoms with van der Waals surface area (Å²) < 4.78 is 0. The molecular weight excluding hydrogens is 370 g/mol. The fourth-order valence-electron chi connectivity index (χ4n) is 4.22. The van der Waals surface area contributed by atoms with E-state index in [-0.39, 0.29) is 0 Å². The molecule has 0 saturated carbocycles. The second-order valence-corrected chi connectivity index (χ2v) is 7.98. The van der Waals surface area contributed by atoms with Crippen molar-refractivity contribution < 1.29 is 0 Å². The largest absolute Gasteiger partial charge is 0.367 e. The minimum absolute atomic E-state index is 0.848. The summed E-state index contributed by atoms with van der Waals surface area (Å²) in [6.07, 6.45) is 0. The van der Waals surface area contributed by atoms with Crippen LogP contribution in [-0.4, -0.2) is 59.3 Å². The van der Waals surface area contributed by atoms with Crippen molar-refractivity contribution in [3.05, 3.63) is 78.4 Å². The molecule has 5 nitrogen and oxygen atoms in total. The molecule has 0 radical (unpaired) electrons. The second kappa shape index (κ2) is 8.78. The lowest BCUT2D eigenvalue weighted by Crippen LogP contribution is -2.47. The summed E-state index contributed by atoms with van der Waals surface area (Å²) in [4.78, 5) is 5.06. The summed E-state index contributed by atoms with van der Waals surface area (Å²) in [6.45, 7) is 7.43. The number of nitrogens with one attached hydrogen (secondary N) is 1. The smallest absolute Gasteiger partial charge is 0.149 e. The maximum Gasteiger partial charge on any atom is 0.149 e. The Labute approximate surface area is 177 Å². The Hall–Kier alpha value is -3.02. The normalized spacial score (nSPS) is 15.6. The van der Waals surface area contributed by atoms with Gasteiger partial charge in [-0.3, -0.25) is 9.80 Å². The van der Waals surface area contributed by atoms with Crippen LogP contribution in [0.5, 0.6) is 0 Å². The third-order valence-electron chi connectivity index (χ3n) is 5.93. The first-order valence-electron chi connectivity index (χ1n) is 10.7. The highest BCUT2D eigenvalue weighted by molar-refractivity contribution is 6.05. The van der Waals surface area contributed by atoms with Crippen LogP contribution >= 0.6 is 0 Å². The van der Waals surface area contributed by atoms with Gasteiger partial charge < -0.3 is 5.32 Å². The van der Waals surface area contributed by atoms with Crippen LogP contribution in [0, 0.1) is 0 Å². The van der Waals surface area contributed by atoms with E-state index in [4.69, 9.17) is 0 Å². The van der Waals surface area contributed by atoms with E-state index in [1.165, 1.54) is 10.9 Å². The predicted octanol–water partition coefficient (Wildman–Crippen LogP) is 4.01. The maximum absolute atomic E-state index is 4.49. The molecule has 0 amide bonds. The van der Waals surface area contributed by atoms with Gasteiger partial charge in [0.25, 0.3) is 0 Å². The summed E-state index contributed by atoms with van der Waals surface area (Å²) in [5, 5.41) is 15.8. The SMILES string of the molecule is c1ccc(CN2CCN(CCNc3cc4ccc5ccccc5c4nn3)CC2)cc1. The molecule has 0 unspecified atom stereocenters. The molecule has 0 atom stereocenters. The molecule has 5 heteroatoms. The maximum atomic E-state index is 4.49. The molecule has 1 aromatic heterocycles. The van der Waals surface area contributed by atoms with Crippen molar-refractivity contribution in [2.24, 2.45) is 0 Å². The Bertz CT molecular complexity index is 1120. The van der Waals surface area contributed by atoms with Gasteiger partial charge in [0.2, 0.25) is 0 Å². The first-order valence-corrected chi connectivity index (χ1v) is 10.7. The summed E-state index contributed by atoms with van der Waals surface area (Å²) in [7, 11) is 0. The van der Waals surface area contributed by atoms with Gasteiger partial charge in [0, 0.05) is 56.6 Å². The van der Waals surface area contributed by atoms with Gasteiger partial charge in [-0.2, -0.15) is 0 Å². The van der Waals surface area contributed by atoms with Gasteiger partial charge in [-0.1, -0.05) is 66.7 Å². The molecule has 30 heavy (non-hydrogen) atoms. The van der Waals surface area contributed by atoms with Crippen molar-refractivity contribution >= 4 is 27.5 Å². The van der Waals surface area contributed by atoms with Crippen LogP contribution in [0.3, 0.4) is 0 Å². The molecule has 5 rings (SSSR count). The zero-order chi connectivity index (χ0) is 20.2. The number of hydrogen-bond acceptors (Lipinski definition) is 5. The van der Waals surface area contributed by atoms with E-state index in [0.29, 0.717) is 0 Å². The molecule has 3 aromatic carbocycles. The lowest BCUT2D eigenvalue weighted by Gasteiger charge is -2.34. The molecule has 1 N–H and O–H groups in total. The van der Waals surface area contributed by atoms with Crippen LogP contribution < -0.4 is 5.32 Å². The van der Waals surface area contributed by atoms with E-state index in [9.17, 15) is 0 Å². The third kappa shape index (κ3) is 4.27. The van der Waals surface area contributed by atoms with E-state index in [2.05, 4.69) is 98.1 Å². The lowest BCUT2D eigenvalue weighted by molar-refractivity contribution is 0.130. The molecule has 1 aliphatic heterocycles. The second-order valence-electron chi connectivity index (χ2n) is 7.98. The zero-order valence-corrected chi connectivity index (χ0v) is 17.2.